The van der Waals surface area contributed by atoms with E-state index in [2.05, 4.69) is 11.9 Å². The highest BCUT2D eigenvalue weighted by molar-refractivity contribution is 7.73. The van der Waals surface area contributed by atoms with Crippen LogP contribution in [0.5, 0.6) is 0 Å². The molecule has 0 spiro atoms. The van der Waals surface area contributed by atoms with Gasteiger partial charge in [0.05, 0.1) is 13.0 Å². The summed E-state index contributed by atoms with van der Waals surface area (Å²) in [5.74, 6) is -0.163. The van der Waals surface area contributed by atoms with Gasteiger partial charge in [0.2, 0.25) is 0 Å². The summed E-state index contributed by atoms with van der Waals surface area (Å²) in [7, 11) is 0. The molecule has 0 amide bonds. The Morgan fingerprint density at radius 3 is 2.81 bits per heavy atom. The van der Waals surface area contributed by atoms with Gasteiger partial charge in [-0.3, -0.25) is 4.79 Å². The molecule has 1 rings (SSSR count). The molecular weight excluding hydrogens is 242 g/mol. The summed E-state index contributed by atoms with van der Waals surface area (Å²) in [6.07, 6.45) is 3.52. The van der Waals surface area contributed by atoms with Crippen LogP contribution in [0.1, 0.15) is 36.8 Å². The number of carbonyl (C=O) groups is 1. The van der Waals surface area contributed by atoms with Gasteiger partial charge in [0, 0.05) is 10.6 Å². The molecule has 5 heteroatoms. The first-order valence-corrected chi connectivity index (χ1v) is 6.70. The van der Waals surface area contributed by atoms with Crippen molar-refractivity contribution in [2.75, 3.05) is 6.61 Å². The number of aryl methyl sites for hydroxylation is 1. The fraction of sp³-hybridized carbons (Fsp3) is 0.636. The minimum atomic E-state index is -0.163. The zero-order chi connectivity index (χ0) is 12.0. The summed E-state index contributed by atoms with van der Waals surface area (Å²) in [4.78, 5) is 15.5. The van der Waals surface area contributed by atoms with Crippen molar-refractivity contribution in [3.8, 4) is 0 Å². The zero-order valence-corrected chi connectivity index (χ0v) is 11.3. The summed E-state index contributed by atoms with van der Waals surface area (Å²) in [6, 6.07) is 0. The Balaban J connectivity index is 2.34. The van der Waals surface area contributed by atoms with Gasteiger partial charge in [-0.25, -0.2) is 0 Å². The lowest BCUT2D eigenvalue weighted by molar-refractivity contribution is -0.142. The minimum Gasteiger partial charge on any atom is -0.465 e. The van der Waals surface area contributed by atoms with E-state index in [9.17, 15) is 4.79 Å². The zero-order valence-electron chi connectivity index (χ0n) is 9.67. The molecule has 0 aromatic carbocycles. The van der Waals surface area contributed by atoms with Crippen LogP contribution in [0.25, 0.3) is 0 Å². The Morgan fingerprint density at radius 1 is 1.50 bits per heavy atom. The van der Waals surface area contributed by atoms with Crippen LogP contribution in [-0.2, 0) is 16.0 Å². The molecule has 0 bridgehead atoms. The minimum absolute atomic E-state index is 0.163. The van der Waals surface area contributed by atoms with E-state index in [0.717, 1.165) is 29.8 Å². The molecule has 1 aromatic heterocycles. The molecule has 16 heavy (non-hydrogen) atoms. The van der Waals surface area contributed by atoms with Gasteiger partial charge >= 0.3 is 5.97 Å². The average Bonchev–Trinajstić information content (AvgIpc) is 2.52. The second-order valence-electron chi connectivity index (χ2n) is 3.67. The molecule has 0 atom stereocenters. The third-order valence-electron chi connectivity index (χ3n) is 2.24. The van der Waals surface area contributed by atoms with Gasteiger partial charge in [0.1, 0.15) is 0 Å². The number of carbonyl (C=O) groups excluding carboxylic acids is 1. The van der Waals surface area contributed by atoms with Crippen molar-refractivity contribution in [3.05, 3.63) is 14.5 Å². The number of H-pyrrole nitrogens is 1. The topological polar surface area (TPSA) is 42.1 Å². The van der Waals surface area contributed by atoms with Gasteiger partial charge in [-0.05, 0) is 25.6 Å². The largest absolute Gasteiger partial charge is 0.465 e. The molecule has 1 aromatic rings. The lowest BCUT2D eigenvalue weighted by Crippen LogP contribution is -2.08. The molecule has 1 heterocycles. The Labute approximate surface area is 105 Å². The van der Waals surface area contributed by atoms with Crippen LogP contribution in [0.4, 0.5) is 0 Å². The average molecular weight is 259 g/mol. The van der Waals surface area contributed by atoms with Crippen LogP contribution < -0.4 is 0 Å². The fourth-order valence-corrected chi connectivity index (χ4v) is 2.60. The lowest BCUT2D eigenvalue weighted by Gasteiger charge is -2.03. The van der Waals surface area contributed by atoms with E-state index in [1.807, 2.05) is 6.92 Å². The molecule has 0 aliphatic carbocycles. The standard InChI is InChI=1S/C11H17NO2S2/c1-3-4-5-6-14-10(13)7-9-8(2)12-11(15)16-9/h3-7H2,1-2H3,(H,12,15). The molecule has 0 unspecified atom stereocenters. The summed E-state index contributed by atoms with van der Waals surface area (Å²) in [6.45, 7) is 4.57. The summed E-state index contributed by atoms with van der Waals surface area (Å²) < 4.78 is 5.85. The first kappa shape index (κ1) is 13.4. The molecule has 1 N–H and O–H groups in total. The highest BCUT2D eigenvalue weighted by Gasteiger charge is 2.09. The van der Waals surface area contributed by atoms with Gasteiger partial charge in [-0.15, -0.1) is 11.3 Å². The SMILES string of the molecule is CCCCCOC(=O)Cc1sc(=S)[nH]c1C. The molecule has 0 aliphatic rings. The molecule has 0 saturated heterocycles. The third kappa shape index (κ3) is 4.45. The number of thiazole rings is 1. The summed E-state index contributed by atoms with van der Waals surface area (Å²) in [5, 5.41) is 0. The second kappa shape index (κ2) is 6.81. The van der Waals surface area contributed by atoms with Crippen molar-refractivity contribution >= 4 is 29.5 Å². The smallest absolute Gasteiger partial charge is 0.311 e. The van der Waals surface area contributed by atoms with Crippen molar-refractivity contribution in [1.82, 2.24) is 4.98 Å². The Hall–Kier alpha value is -0.680. The molecule has 0 aliphatic heterocycles. The number of esters is 1. The number of hydrogen-bond donors (Lipinski definition) is 1. The number of aromatic amines is 1. The van der Waals surface area contributed by atoms with E-state index in [4.69, 9.17) is 17.0 Å². The lowest BCUT2D eigenvalue weighted by atomic mass is 10.3. The van der Waals surface area contributed by atoms with Crippen molar-refractivity contribution in [1.29, 1.82) is 0 Å². The van der Waals surface area contributed by atoms with E-state index < -0.39 is 0 Å². The Bertz CT molecular complexity index is 395. The summed E-state index contributed by atoms with van der Waals surface area (Å²) in [5.41, 5.74) is 0.973. The van der Waals surface area contributed by atoms with E-state index >= 15 is 0 Å². The first-order valence-electron chi connectivity index (χ1n) is 5.47. The molecule has 90 valence electrons. The maximum Gasteiger partial charge on any atom is 0.311 e. The van der Waals surface area contributed by atoms with Crippen molar-refractivity contribution in [2.45, 2.75) is 39.5 Å². The van der Waals surface area contributed by atoms with Crippen LogP contribution >= 0.6 is 23.6 Å². The van der Waals surface area contributed by atoms with Crippen LogP contribution in [0.3, 0.4) is 0 Å². The van der Waals surface area contributed by atoms with Crippen molar-refractivity contribution < 1.29 is 9.53 Å². The molecule has 3 nitrogen and oxygen atoms in total. The van der Waals surface area contributed by atoms with Crippen molar-refractivity contribution in [3.63, 3.8) is 0 Å². The number of hydrogen-bond acceptors (Lipinski definition) is 4. The Morgan fingerprint density at radius 2 is 2.25 bits per heavy atom. The van der Waals surface area contributed by atoms with Crippen LogP contribution in [0, 0.1) is 10.9 Å². The van der Waals surface area contributed by atoms with Gasteiger partial charge in [-0.2, -0.15) is 0 Å². The number of nitrogens with one attached hydrogen (secondary N) is 1. The molecule has 0 saturated carbocycles. The van der Waals surface area contributed by atoms with Crippen LogP contribution in [0.15, 0.2) is 0 Å². The number of ether oxygens (including phenoxy) is 1. The quantitative estimate of drug-likeness (QED) is 0.484. The van der Waals surface area contributed by atoms with Gasteiger partial charge in [0.25, 0.3) is 0 Å². The number of aromatic nitrogens is 1. The van der Waals surface area contributed by atoms with Gasteiger partial charge in [-0.1, -0.05) is 19.8 Å². The van der Waals surface area contributed by atoms with Gasteiger partial charge < -0.3 is 9.72 Å². The second-order valence-corrected chi connectivity index (χ2v) is 5.44. The predicted molar refractivity (Wildman–Crippen MR) is 68.4 cm³/mol. The third-order valence-corrected chi connectivity index (χ3v) is 3.58. The summed E-state index contributed by atoms with van der Waals surface area (Å²) >= 11 is 6.45. The predicted octanol–water partition coefficient (Wildman–Crippen LogP) is 3.39. The highest BCUT2D eigenvalue weighted by atomic mass is 32.1. The number of unbranched alkanes of at least 4 members (excludes halogenated alkanes) is 2. The first-order chi connectivity index (χ1) is 7.63. The normalized spacial score (nSPS) is 10.4. The highest BCUT2D eigenvalue weighted by Crippen LogP contribution is 2.15. The monoisotopic (exact) mass is 259 g/mol. The molecular formula is C11H17NO2S2. The van der Waals surface area contributed by atoms with Crippen molar-refractivity contribution in [2.24, 2.45) is 0 Å². The van der Waals surface area contributed by atoms with E-state index in [1.165, 1.54) is 11.3 Å². The molecule has 0 radical (unpaired) electrons. The van der Waals surface area contributed by atoms with Crippen LogP contribution in [-0.4, -0.2) is 17.6 Å². The van der Waals surface area contributed by atoms with E-state index in [1.54, 1.807) is 0 Å². The number of rotatable bonds is 6. The fourth-order valence-electron chi connectivity index (χ4n) is 1.33. The maximum absolute atomic E-state index is 11.5. The maximum atomic E-state index is 11.5. The molecule has 0 fully saturated rings. The van der Waals surface area contributed by atoms with E-state index in [0.29, 0.717) is 17.0 Å². The van der Waals surface area contributed by atoms with Gasteiger partial charge in [0.15, 0.2) is 3.95 Å². The van der Waals surface area contributed by atoms with E-state index in [-0.39, 0.29) is 5.97 Å². The Kier molecular flexibility index (Phi) is 5.69. The van der Waals surface area contributed by atoms with Crippen LogP contribution in [0.2, 0.25) is 0 Å².